The molecule has 0 saturated heterocycles. The normalized spacial score (nSPS) is 9.79. The van der Waals surface area contributed by atoms with Crippen LogP contribution in [0.1, 0.15) is 20.2 Å². The zero-order valence-corrected chi connectivity index (χ0v) is 11.9. The summed E-state index contributed by atoms with van der Waals surface area (Å²) in [4.78, 5) is 19.4. The Morgan fingerprint density at radius 1 is 1.53 bits per heavy atom. The number of rotatable bonds is 3. The molecule has 0 spiro atoms. The van der Waals surface area contributed by atoms with E-state index >= 15 is 0 Å². The minimum absolute atomic E-state index is 0.0463. The molecule has 19 heavy (non-hydrogen) atoms. The summed E-state index contributed by atoms with van der Waals surface area (Å²) in [7, 11) is 1.75. The summed E-state index contributed by atoms with van der Waals surface area (Å²) >= 11 is 2.84. The molecule has 0 unspecified atom stereocenters. The standard InChI is InChI=1S/C13H12N2O2S2/c1-15(7-10-8-18-9-14-10)13(17)12-5-4-11(19-12)3-2-6-16/h4-5,8-9,16H,6-7H2,1H3. The molecule has 1 amide bonds. The van der Waals surface area contributed by atoms with Gasteiger partial charge in [-0.1, -0.05) is 11.8 Å². The van der Waals surface area contributed by atoms with Crippen molar-refractivity contribution in [2.24, 2.45) is 0 Å². The van der Waals surface area contributed by atoms with E-state index in [4.69, 9.17) is 5.11 Å². The number of aliphatic hydroxyl groups excluding tert-OH is 1. The van der Waals surface area contributed by atoms with Gasteiger partial charge >= 0.3 is 0 Å². The average Bonchev–Trinajstić information content (AvgIpc) is 3.06. The highest BCUT2D eigenvalue weighted by Gasteiger charge is 2.14. The summed E-state index contributed by atoms with van der Waals surface area (Å²) in [6.07, 6.45) is 0. The molecule has 4 nitrogen and oxygen atoms in total. The van der Waals surface area contributed by atoms with E-state index in [1.54, 1.807) is 29.6 Å². The SMILES string of the molecule is CN(Cc1cscn1)C(=O)c1ccc(C#CCO)s1. The van der Waals surface area contributed by atoms with Gasteiger partial charge in [0.25, 0.3) is 5.91 Å². The number of carbonyl (C=O) groups is 1. The van der Waals surface area contributed by atoms with Crippen molar-refractivity contribution in [2.75, 3.05) is 13.7 Å². The Morgan fingerprint density at radius 2 is 2.37 bits per heavy atom. The van der Waals surface area contributed by atoms with Crippen molar-refractivity contribution < 1.29 is 9.90 Å². The number of aromatic nitrogens is 1. The van der Waals surface area contributed by atoms with Crippen LogP contribution in [0.15, 0.2) is 23.0 Å². The lowest BCUT2D eigenvalue weighted by molar-refractivity contribution is 0.0788. The summed E-state index contributed by atoms with van der Waals surface area (Å²) in [5.74, 6) is 5.31. The van der Waals surface area contributed by atoms with E-state index in [2.05, 4.69) is 16.8 Å². The Kier molecular flexibility index (Phi) is 4.68. The molecule has 98 valence electrons. The molecule has 2 rings (SSSR count). The highest BCUT2D eigenvalue weighted by molar-refractivity contribution is 7.14. The molecule has 0 aromatic carbocycles. The van der Waals surface area contributed by atoms with Gasteiger partial charge < -0.3 is 10.0 Å². The summed E-state index contributed by atoms with van der Waals surface area (Å²) < 4.78 is 0. The third-order valence-electron chi connectivity index (χ3n) is 2.34. The van der Waals surface area contributed by atoms with Gasteiger partial charge in [0.2, 0.25) is 0 Å². The molecule has 2 aromatic heterocycles. The second kappa shape index (κ2) is 6.48. The first-order chi connectivity index (χ1) is 9.20. The molecule has 0 atom stereocenters. The molecule has 0 aliphatic heterocycles. The smallest absolute Gasteiger partial charge is 0.264 e. The lowest BCUT2D eigenvalue weighted by Crippen LogP contribution is -2.25. The van der Waals surface area contributed by atoms with E-state index in [0.29, 0.717) is 11.4 Å². The van der Waals surface area contributed by atoms with Crippen LogP contribution < -0.4 is 0 Å². The number of hydrogen-bond acceptors (Lipinski definition) is 5. The molecule has 6 heteroatoms. The number of thiazole rings is 1. The summed E-state index contributed by atoms with van der Waals surface area (Å²) in [5.41, 5.74) is 2.64. The Labute approximate surface area is 119 Å². The van der Waals surface area contributed by atoms with Gasteiger partial charge in [-0.05, 0) is 12.1 Å². The summed E-state index contributed by atoms with van der Waals surface area (Å²) in [6, 6.07) is 3.54. The zero-order valence-electron chi connectivity index (χ0n) is 10.3. The molecule has 2 heterocycles. The van der Waals surface area contributed by atoms with Crippen molar-refractivity contribution >= 4 is 28.6 Å². The van der Waals surface area contributed by atoms with Gasteiger partial charge in [-0.3, -0.25) is 4.79 Å². The van der Waals surface area contributed by atoms with Crippen molar-refractivity contribution in [3.05, 3.63) is 38.5 Å². The molecule has 0 aliphatic rings. The predicted octanol–water partition coefficient (Wildman–Crippen LogP) is 1.82. The van der Waals surface area contributed by atoms with Crippen LogP contribution in [0, 0.1) is 11.8 Å². The molecule has 0 radical (unpaired) electrons. The van der Waals surface area contributed by atoms with Gasteiger partial charge in [0, 0.05) is 12.4 Å². The fourth-order valence-electron chi connectivity index (χ4n) is 1.47. The van der Waals surface area contributed by atoms with Crippen LogP contribution in [-0.4, -0.2) is 34.6 Å². The van der Waals surface area contributed by atoms with E-state index in [9.17, 15) is 4.79 Å². The van der Waals surface area contributed by atoms with Crippen LogP contribution in [0.5, 0.6) is 0 Å². The fraction of sp³-hybridized carbons (Fsp3) is 0.231. The van der Waals surface area contributed by atoms with Crippen LogP contribution >= 0.6 is 22.7 Å². The zero-order chi connectivity index (χ0) is 13.7. The highest BCUT2D eigenvalue weighted by atomic mass is 32.1. The average molecular weight is 292 g/mol. The minimum atomic E-state index is -0.176. The second-order valence-electron chi connectivity index (χ2n) is 3.76. The van der Waals surface area contributed by atoms with Crippen molar-refractivity contribution in [1.82, 2.24) is 9.88 Å². The first-order valence-electron chi connectivity index (χ1n) is 5.53. The van der Waals surface area contributed by atoms with Gasteiger partial charge in [-0.15, -0.1) is 22.7 Å². The number of nitrogens with zero attached hydrogens (tertiary/aromatic N) is 2. The molecule has 0 aliphatic carbocycles. The molecule has 1 N–H and O–H groups in total. The quantitative estimate of drug-likeness (QED) is 0.878. The topological polar surface area (TPSA) is 53.4 Å². The lowest BCUT2D eigenvalue weighted by atomic mass is 10.3. The summed E-state index contributed by atoms with van der Waals surface area (Å²) in [6.45, 7) is 0.322. The molecular weight excluding hydrogens is 280 g/mol. The molecular formula is C13H12N2O2S2. The Morgan fingerprint density at radius 3 is 3.05 bits per heavy atom. The number of hydrogen-bond donors (Lipinski definition) is 1. The van der Waals surface area contributed by atoms with E-state index < -0.39 is 0 Å². The predicted molar refractivity (Wildman–Crippen MR) is 76.2 cm³/mol. The fourth-order valence-corrected chi connectivity index (χ4v) is 2.89. The van der Waals surface area contributed by atoms with E-state index in [-0.39, 0.29) is 12.5 Å². The maximum Gasteiger partial charge on any atom is 0.264 e. The minimum Gasteiger partial charge on any atom is -0.384 e. The van der Waals surface area contributed by atoms with Crippen molar-refractivity contribution in [1.29, 1.82) is 0 Å². The van der Waals surface area contributed by atoms with E-state index in [1.165, 1.54) is 22.7 Å². The first-order valence-corrected chi connectivity index (χ1v) is 7.28. The van der Waals surface area contributed by atoms with Crippen molar-refractivity contribution in [3.8, 4) is 11.8 Å². The monoisotopic (exact) mass is 292 g/mol. The third-order valence-corrected chi connectivity index (χ3v) is 3.96. The van der Waals surface area contributed by atoms with Gasteiger partial charge in [0.05, 0.1) is 27.5 Å². The largest absolute Gasteiger partial charge is 0.384 e. The maximum absolute atomic E-state index is 12.2. The van der Waals surface area contributed by atoms with Gasteiger partial charge in [0.1, 0.15) is 6.61 Å². The number of carbonyl (C=O) groups excluding carboxylic acids is 1. The summed E-state index contributed by atoms with van der Waals surface area (Å²) in [5, 5.41) is 10.6. The van der Waals surface area contributed by atoms with Crippen molar-refractivity contribution in [3.63, 3.8) is 0 Å². The van der Waals surface area contributed by atoms with Crippen molar-refractivity contribution in [2.45, 2.75) is 6.54 Å². The van der Waals surface area contributed by atoms with Gasteiger partial charge in [-0.2, -0.15) is 0 Å². The Balaban J connectivity index is 2.04. The van der Waals surface area contributed by atoms with Crippen LogP contribution in [0.4, 0.5) is 0 Å². The Bertz CT molecular complexity index is 608. The Hall–Kier alpha value is -1.68. The van der Waals surface area contributed by atoms with Crippen LogP contribution in [0.2, 0.25) is 0 Å². The molecule has 0 fully saturated rings. The van der Waals surface area contributed by atoms with E-state index in [1.807, 2.05) is 5.38 Å². The first kappa shape index (κ1) is 13.7. The number of aliphatic hydroxyl groups is 1. The molecule has 2 aromatic rings. The highest BCUT2D eigenvalue weighted by Crippen LogP contribution is 2.18. The van der Waals surface area contributed by atoms with Gasteiger partial charge in [0.15, 0.2) is 0 Å². The molecule has 0 bridgehead atoms. The number of amides is 1. The van der Waals surface area contributed by atoms with E-state index in [0.717, 1.165) is 10.6 Å². The lowest BCUT2D eigenvalue weighted by Gasteiger charge is -2.14. The number of thiophene rings is 1. The van der Waals surface area contributed by atoms with Crippen LogP contribution in [-0.2, 0) is 6.54 Å². The van der Waals surface area contributed by atoms with Gasteiger partial charge in [-0.25, -0.2) is 4.98 Å². The van der Waals surface area contributed by atoms with Crippen LogP contribution in [0.3, 0.4) is 0 Å². The van der Waals surface area contributed by atoms with Crippen LogP contribution in [0.25, 0.3) is 0 Å². The molecule has 0 saturated carbocycles. The maximum atomic E-state index is 12.2. The third kappa shape index (κ3) is 3.64. The second-order valence-corrected chi connectivity index (χ2v) is 5.57.